The van der Waals surface area contributed by atoms with Gasteiger partial charge in [0.1, 0.15) is 11.6 Å². The fraction of sp³-hybridized carbons (Fsp3) is 0.208. The molecule has 4 rings (SSSR count). The van der Waals surface area contributed by atoms with Crippen molar-refractivity contribution in [2.24, 2.45) is 0 Å². The van der Waals surface area contributed by atoms with Gasteiger partial charge >= 0.3 is 6.36 Å². The number of carbonyl (C=O) groups is 2. The van der Waals surface area contributed by atoms with Crippen molar-refractivity contribution < 1.29 is 31.9 Å². The van der Waals surface area contributed by atoms with Gasteiger partial charge < -0.3 is 15.4 Å². The van der Waals surface area contributed by atoms with Crippen LogP contribution in [0.2, 0.25) is 0 Å². The van der Waals surface area contributed by atoms with E-state index >= 15 is 0 Å². The third-order valence-corrected chi connectivity index (χ3v) is 5.26. The maximum Gasteiger partial charge on any atom is 0.573 e. The molecule has 0 saturated heterocycles. The van der Waals surface area contributed by atoms with Gasteiger partial charge in [-0.2, -0.15) is 5.10 Å². The Bertz CT molecular complexity index is 1500. The number of rotatable bonds is 6. The van der Waals surface area contributed by atoms with E-state index in [-0.39, 0.29) is 17.0 Å². The van der Waals surface area contributed by atoms with Crippen molar-refractivity contribution in [2.45, 2.75) is 33.2 Å². The van der Waals surface area contributed by atoms with E-state index in [0.29, 0.717) is 28.4 Å². The summed E-state index contributed by atoms with van der Waals surface area (Å²) >= 11 is 0. The summed E-state index contributed by atoms with van der Waals surface area (Å²) in [7, 11) is 0. The number of amides is 2. The largest absolute Gasteiger partial charge is 0.573 e. The van der Waals surface area contributed by atoms with Crippen LogP contribution in [0, 0.1) is 12.7 Å². The number of nitrogens with zero attached hydrogens (tertiary/aromatic N) is 4. The number of benzene rings is 1. The molecule has 0 radical (unpaired) electrons. The standard InChI is InChI=1S/C24H20F4N6O3/c1-12-18(20-6-7-22-32-21(31-14(3)35)11-34(22)33-20)8-15(10-29-12)23(36)30-13(2)17-9-16(4-5-19(17)25)37-24(26,27)28/h4-11,13H,1-3H3,(H,30,36)(H,31,35). The van der Waals surface area contributed by atoms with Crippen molar-refractivity contribution >= 4 is 23.3 Å². The van der Waals surface area contributed by atoms with Crippen LogP contribution in [0.3, 0.4) is 0 Å². The molecule has 3 heterocycles. The first-order valence-corrected chi connectivity index (χ1v) is 10.9. The van der Waals surface area contributed by atoms with Crippen LogP contribution >= 0.6 is 0 Å². The fourth-order valence-electron chi connectivity index (χ4n) is 3.59. The smallest absolute Gasteiger partial charge is 0.406 e. The van der Waals surface area contributed by atoms with Crippen LogP contribution in [0.1, 0.15) is 41.5 Å². The van der Waals surface area contributed by atoms with Gasteiger partial charge in [-0.3, -0.25) is 14.6 Å². The molecule has 0 aliphatic carbocycles. The summed E-state index contributed by atoms with van der Waals surface area (Å²) in [6, 6.07) is 6.48. The van der Waals surface area contributed by atoms with Gasteiger partial charge in [0.25, 0.3) is 5.91 Å². The first-order chi connectivity index (χ1) is 17.4. The summed E-state index contributed by atoms with van der Waals surface area (Å²) in [5.74, 6) is -1.99. The number of halogens is 4. The molecule has 0 aliphatic heterocycles. The molecule has 13 heteroatoms. The number of hydrogen-bond acceptors (Lipinski definition) is 6. The molecule has 2 N–H and O–H groups in total. The zero-order valence-electron chi connectivity index (χ0n) is 19.7. The molecule has 37 heavy (non-hydrogen) atoms. The summed E-state index contributed by atoms with van der Waals surface area (Å²) in [6.07, 6.45) is -2.08. The zero-order chi connectivity index (χ0) is 26.9. The molecule has 4 aromatic rings. The van der Waals surface area contributed by atoms with Crippen molar-refractivity contribution in [2.75, 3.05) is 5.32 Å². The van der Waals surface area contributed by atoms with Crippen molar-refractivity contribution in [1.82, 2.24) is 24.9 Å². The Morgan fingerprint density at radius 1 is 1.14 bits per heavy atom. The van der Waals surface area contributed by atoms with Gasteiger partial charge in [0.2, 0.25) is 5.91 Å². The molecule has 1 unspecified atom stereocenters. The van der Waals surface area contributed by atoms with E-state index in [4.69, 9.17) is 0 Å². The molecule has 9 nitrogen and oxygen atoms in total. The Balaban J connectivity index is 1.58. The van der Waals surface area contributed by atoms with E-state index in [9.17, 15) is 27.2 Å². The third kappa shape index (κ3) is 6.00. The second-order valence-electron chi connectivity index (χ2n) is 8.11. The maximum atomic E-state index is 14.3. The lowest BCUT2D eigenvalue weighted by molar-refractivity contribution is -0.274. The highest BCUT2D eigenvalue weighted by Gasteiger charge is 2.31. The quantitative estimate of drug-likeness (QED) is 0.363. The lowest BCUT2D eigenvalue weighted by Gasteiger charge is -2.17. The Labute approximate surface area is 207 Å². The van der Waals surface area contributed by atoms with Crippen molar-refractivity contribution in [1.29, 1.82) is 0 Å². The number of hydrogen-bond donors (Lipinski definition) is 2. The van der Waals surface area contributed by atoms with Crippen LogP contribution in [0.5, 0.6) is 5.75 Å². The molecule has 192 valence electrons. The van der Waals surface area contributed by atoms with E-state index in [1.807, 2.05) is 0 Å². The van der Waals surface area contributed by atoms with E-state index in [1.165, 1.54) is 30.8 Å². The third-order valence-electron chi connectivity index (χ3n) is 5.26. The monoisotopic (exact) mass is 516 g/mol. The first kappa shape index (κ1) is 25.5. The number of alkyl halides is 3. The van der Waals surface area contributed by atoms with Crippen LogP contribution < -0.4 is 15.4 Å². The van der Waals surface area contributed by atoms with E-state index in [2.05, 4.69) is 30.4 Å². The van der Waals surface area contributed by atoms with Gasteiger partial charge in [0, 0.05) is 29.9 Å². The predicted molar refractivity (Wildman–Crippen MR) is 124 cm³/mol. The molecular weight excluding hydrogens is 496 g/mol. The zero-order valence-corrected chi connectivity index (χ0v) is 19.7. The van der Waals surface area contributed by atoms with Gasteiger partial charge in [-0.15, -0.1) is 13.2 Å². The number of pyridine rings is 1. The molecule has 0 saturated carbocycles. The Hall–Kier alpha value is -4.55. The van der Waals surface area contributed by atoms with E-state index < -0.39 is 29.9 Å². The summed E-state index contributed by atoms with van der Waals surface area (Å²) in [5, 5.41) is 9.60. The molecule has 1 aromatic carbocycles. The molecule has 0 fully saturated rings. The minimum atomic E-state index is -4.94. The highest BCUT2D eigenvalue weighted by Crippen LogP contribution is 2.28. The highest BCUT2D eigenvalue weighted by molar-refractivity contribution is 5.95. The van der Waals surface area contributed by atoms with Crippen LogP contribution in [0.15, 0.2) is 48.8 Å². The van der Waals surface area contributed by atoms with Crippen molar-refractivity contribution in [3.8, 4) is 17.0 Å². The van der Waals surface area contributed by atoms with Gasteiger partial charge in [0.15, 0.2) is 11.5 Å². The number of fused-ring (bicyclic) bond motifs is 1. The fourth-order valence-corrected chi connectivity index (χ4v) is 3.59. The number of carbonyl (C=O) groups excluding carboxylic acids is 2. The van der Waals surface area contributed by atoms with E-state index in [0.717, 1.165) is 18.2 Å². The van der Waals surface area contributed by atoms with Gasteiger partial charge in [-0.1, -0.05) is 0 Å². The van der Waals surface area contributed by atoms with Crippen LogP contribution in [0.4, 0.5) is 23.4 Å². The molecule has 0 bridgehead atoms. The lowest BCUT2D eigenvalue weighted by atomic mass is 10.1. The van der Waals surface area contributed by atoms with Crippen molar-refractivity contribution in [3.05, 3.63) is 71.4 Å². The highest BCUT2D eigenvalue weighted by atomic mass is 19.4. The summed E-state index contributed by atoms with van der Waals surface area (Å²) in [4.78, 5) is 32.7. The number of aromatic nitrogens is 4. The normalized spacial score (nSPS) is 12.3. The van der Waals surface area contributed by atoms with Crippen LogP contribution in [-0.2, 0) is 4.79 Å². The summed E-state index contributed by atoms with van der Waals surface area (Å²) in [5.41, 5.74) is 2.00. The SMILES string of the molecule is CC(=O)Nc1cn2nc(-c3cc(C(=O)NC(C)c4cc(OC(F)(F)F)ccc4F)cnc3C)ccc2n1. The van der Waals surface area contributed by atoms with Gasteiger partial charge in [0.05, 0.1) is 23.5 Å². The molecular formula is C24H20F4N6O3. The van der Waals surface area contributed by atoms with Crippen LogP contribution in [-0.4, -0.2) is 37.8 Å². The van der Waals surface area contributed by atoms with Crippen molar-refractivity contribution in [3.63, 3.8) is 0 Å². The second kappa shape index (κ2) is 9.84. The predicted octanol–water partition coefficient (Wildman–Crippen LogP) is 4.59. The number of nitrogens with one attached hydrogen (secondary N) is 2. The molecule has 0 aliphatic rings. The average Bonchev–Trinajstić information content (AvgIpc) is 3.20. The molecule has 0 spiro atoms. The number of anilines is 1. The Morgan fingerprint density at radius 2 is 1.89 bits per heavy atom. The molecule has 1 atom stereocenters. The summed E-state index contributed by atoms with van der Waals surface area (Å²) < 4.78 is 57.2. The second-order valence-corrected chi connectivity index (χ2v) is 8.11. The topological polar surface area (TPSA) is 111 Å². The average molecular weight is 516 g/mol. The first-order valence-electron chi connectivity index (χ1n) is 10.9. The molecule has 2 amide bonds. The molecule has 3 aromatic heterocycles. The number of ether oxygens (including phenoxy) is 1. The minimum Gasteiger partial charge on any atom is -0.406 e. The number of aryl methyl sites for hydroxylation is 1. The summed E-state index contributed by atoms with van der Waals surface area (Å²) in [6.45, 7) is 4.51. The Morgan fingerprint density at radius 3 is 2.59 bits per heavy atom. The van der Waals surface area contributed by atoms with E-state index in [1.54, 1.807) is 25.1 Å². The van der Waals surface area contributed by atoms with Gasteiger partial charge in [-0.05, 0) is 50.2 Å². The maximum absolute atomic E-state index is 14.3. The lowest BCUT2D eigenvalue weighted by Crippen LogP contribution is -2.27. The number of imidazole rings is 1. The van der Waals surface area contributed by atoms with Crippen LogP contribution in [0.25, 0.3) is 16.9 Å². The van der Waals surface area contributed by atoms with Gasteiger partial charge in [-0.25, -0.2) is 13.9 Å². The Kier molecular flexibility index (Phi) is 6.79. The minimum absolute atomic E-state index is 0.127.